The fourth-order valence-corrected chi connectivity index (χ4v) is 2.79. The van der Waals surface area contributed by atoms with E-state index in [0.717, 1.165) is 4.88 Å². The first-order valence-electron chi connectivity index (χ1n) is 6.08. The molecule has 1 aromatic rings. The van der Waals surface area contributed by atoms with E-state index >= 15 is 0 Å². The van der Waals surface area contributed by atoms with Crippen LogP contribution in [0, 0.1) is 17.2 Å². The Balaban J connectivity index is 1.84. The van der Waals surface area contributed by atoms with Crippen LogP contribution in [0.15, 0.2) is 17.5 Å². The van der Waals surface area contributed by atoms with Gasteiger partial charge in [0.1, 0.15) is 6.07 Å². The summed E-state index contributed by atoms with van der Waals surface area (Å²) in [7, 11) is 0. The van der Waals surface area contributed by atoms with Gasteiger partial charge in [0.15, 0.2) is 6.61 Å². The number of nitriles is 1. The molecule has 2 heterocycles. The highest BCUT2D eigenvalue weighted by Gasteiger charge is 2.28. The number of nitrogens with zero attached hydrogens (tertiary/aromatic N) is 2. The number of hydrogen-bond donors (Lipinski definition) is 0. The molecule has 0 saturated carbocycles. The van der Waals surface area contributed by atoms with Gasteiger partial charge in [-0.05, 0) is 24.3 Å². The van der Waals surface area contributed by atoms with Gasteiger partial charge in [0, 0.05) is 13.1 Å². The van der Waals surface area contributed by atoms with Crippen LogP contribution < -0.4 is 0 Å². The summed E-state index contributed by atoms with van der Waals surface area (Å²) in [6.45, 7) is 0.916. The van der Waals surface area contributed by atoms with E-state index in [1.807, 2.05) is 11.4 Å². The van der Waals surface area contributed by atoms with Gasteiger partial charge in [-0.2, -0.15) is 5.26 Å². The van der Waals surface area contributed by atoms with Gasteiger partial charge < -0.3 is 9.64 Å². The summed E-state index contributed by atoms with van der Waals surface area (Å²) in [5, 5.41) is 10.2. The number of carbonyl (C=O) groups is 2. The van der Waals surface area contributed by atoms with Gasteiger partial charge in [0.2, 0.25) is 0 Å². The molecule has 6 heteroatoms. The molecule has 1 aromatic heterocycles. The molecular weight excluding hydrogens is 264 g/mol. The molecule has 0 atom stereocenters. The molecule has 1 aliphatic heterocycles. The molecule has 0 spiro atoms. The number of amides is 1. The van der Waals surface area contributed by atoms with Crippen LogP contribution in [0.2, 0.25) is 0 Å². The molecule has 19 heavy (non-hydrogen) atoms. The minimum Gasteiger partial charge on any atom is -0.450 e. The first-order valence-corrected chi connectivity index (χ1v) is 6.96. The van der Waals surface area contributed by atoms with E-state index in [1.165, 1.54) is 11.3 Å². The Hall–Kier alpha value is -1.87. The first-order chi connectivity index (χ1) is 9.22. The molecule has 5 nitrogen and oxygen atoms in total. The second kappa shape index (κ2) is 6.34. The monoisotopic (exact) mass is 278 g/mol. The van der Waals surface area contributed by atoms with E-state index < -0.39 is 0 Å². The second-order valence-corrected chi connectivity index (χ2v) is 5.26. The number of rotatable bonds is 3. The Bertz CT molecular complexity index is 484. The van der Waals surface area contributed by atoms with Crippen LogP contribution in [-0.2, 0) is 9.53 Å². The van der Waals surface area contributed by atoms with E-state index in [-0.39, 0.29) is 24.4 Å². The zero-order valence-corrected chi connectivity index (χ0v) is 11.2. The van der Waals surface area contributed by atoms with Crippen LogP contribution >= 0.6 is 11.3 Å². The molecule has 100 valence electrons. The van der Waals surface area contributed by atoms with Crippen LogP contribution in [0.25, 0.3) is 0 Å². The van der Waals surface area contributed by atoms with Gasteiger partial charge in [0.25, 0.3) is 5.91 Å². The third-order valence-corrected chi connectivity index (χ3v) is 3.98. The van der Waals surface area contributed by atoms with Gasteiger partial charge >= 0.3 is 5.97 Å². The summed E-state index contributed by atoms with van der Waals surface area (Å²) < 4.78 is 4.80. The fraction of sp³-hybridized carbons (Fsp3) is 0.462. The molecule has 0 N–H and O–H groups in total. The molecule has 0 aliphatic carbocycles. The Morgan fingerprint density at radius 3 is 2.79 bits per heavy atom. The average Bonchev–Trinajstić information content (AvgIpc) is 2.98. The maximum atomic E-state index is 12.1. The van der Waals surface area contributed by atoms with Crippen LogP contribution in [-0.4, -0.2) is 36.5 Å². The number of carbonyl (C=O) groups excluding carboxylic acids is 2. The largest absolute Gasteiger partial charge is 0.450 e. The van der Waals surface area contributed by atoms with Crippen molar-refractivity contribution in [3.8, 4) is 6.07 Å². The molecule has 1 saturated heterocycles. The lowest BCUT2D eigenvalue weighted by Crippen LogP contribution is -2.40. The third-order valence-electron chi connectivity index (χ3n) is 3.13. The fourth-order valence-electron chi connectivity index (χ4n) is 2.10. The highest BCUT2D eigenvalue weighted by Crippen LogP contribution is 2.21. The van der Waals surface area contributed by atoms with Crippen molar-refractivity contribution in [1.82, 2.24) is 4.90 Å². The summed E-state index contributed by atoms with van der Waals surface area (Å²) in [6.07, 6.45) is 1.20. The van der Waals surface area contributed by atoms with E-state index in [1.54, 1.807) is 17.0 Å². The zero-order valence-electron chi connectivity index (χ0n) is 10.4. The van der Waals surface area contributed by atoms with Crippen molar-refractivity contribution >= 4 is 23.2 Å². The van der Waals surface area contributed by atoms with Crippen molar-refractivity contribution in [2.75, 3.05) is 19.7 Å². The highest BCUT2D eigenvalue weighted by molar-refractivity contribution is 7.12. The van der Waals surface area contributed by atoms with Gasteiger partial charge in [-0.15, -0.1) is 11.3 Å². The zero-order chi connectivity index (χ0) is 13.7. The molecule has 0 unspecified atom stereocenters. The summed E-state index contributed by atoms with van der Waals surface area (Å²) >= 11 is 1.42. The molecule has 1 aliphatic rings. The van der Waals surface area contributed by atoms with Crippen molar-refractivity contribution in [3.63, 3.8) is 0 Å². The lowest BCUT2D eigenvalue weighted by Gasteiger charge is -2.30. The van der Waals surface area contributed by atoms with Crippen LogP contribution in [0.3, 0.4) is 0 Å². The van der Waals surface area contributed by atoms with Crippen LogP contribution in [0.4, 0.5) is 0 Å². The average molecular weight is 278 g/mol. The summed E-state index contributed by atoms with van der Waals surface area (Å²) in [5.74, 6) is -0.496. The van der Waals surface area contributed by atoms with Crippen molar-refractivity contribution in [1.29, 1.82) is 5.26 Å². The van der Waals surface area contributed by atoms with E-state index in [9.17, 15) is 9.59 Å². The Kier molecular flexibility index (Phi) is 4.53. The topological polar surface area (TPSA) is 70.4 Å². The van der Waals surface area contributed by atoms with Crippen molar-refractivity contribution < 1.29 is 14.3 Å². The van der Waals surface area contributed by atoms with Crippen molar-refractivity contribution in [3.05, 3.63) is 22.4 Å². The lowest BCUT2D eigenvalue weighted by atomic mass is 9.97. The second-order valence-electron chi connectivity index (χ2n) is 4.31. The summed E-state index contributed by atoms with van der Waals surface area (Å²) in [6, 6.07) is 5.43. The van der Waals surface area contributed by atoms with Crippen molar-refractivity contribution in [2.24, 2.45) is 5.92 Å². The van der Waals surface area contributed by atoms with E-state index in [4.69, 9.17) is 10.00 Å². The van der Waals surface area contributed by atoms with E-state index in [2.05, 4.69) is 0 Å². The Morgan fingerprint density at radius 1 is 1.47 bits per heavy atom. The summed E-state index contributed by atoms with van der Waals surface area (Å²) in [5.41, 5.74) is 0. The standard InChI is InChI=1S/C13H14N2O3S/c14-5-8-18-13(17)10-3-6-15(7-4-10)12(16)11-2-1-9-19-11/h1-2,9-10H,3-4,6-8H2. The molecule has 1 amide bonds. The third kappa shape index (κ3) is 3.32. The minimum absolute atomic E-state index is 0.0267. The predicted molar refractivity (Wildman–Crippen MR) is 69.5 cm³/mol. The lowest BCUT2D eigenvalue weighted by molar-refractivity contribution is -0.148. The Labute approximate surface area is 115 Å². The molecule has 1 fully saturated rings. The smallest absolute Gasteiger partial charge is 0.310 e. The first kappa shape index (κ1) is 13.6. The number of piperidine rings is 1. The number of ether oxygens (including phenoxy) is 1. The van der Waals surface area contributed by atoms with E-state index in [0.29, 0.717) is 25.9 Å². The molecule has 0 radical (unpaired) electrons. The van der Waals surface area contributed by atoms with Crippen LogP contribution in [0.1, 0.15) is 22.5 Å². The van der Waals surface area contributed by atoms with Crippen LogP contribution in [0.5, 0.6) is 0 Å². The van der Waals surface area contributed by atoms with Crippen molar-refractivity contribution in [2.45, 2.75) is 12.8 Å². The molecule has 0 bridgehead atoms. The normalized spacial score (nSPS) is 15.8. The molecular formula is C13H14N2O3S. The molecule has 2 rings (SSSR count). The maximum Gasteiger partial charge on any atom is 0.310 e. The maximum absolute atomic E-state index is 12.1. The van der Waals surface area contributed by atoms with Gasteiger partial charge in [-0.1, -0.05) is 6.07 Å². The number of hydrogen-bond acceptors (Lipinski definition) is 5. The highest BCUT2D eigenvalue weighted by atomic mass is 32.1. The minimum atomic E-state index is -0.329. The van der Waals surface area contributed by atoms with Gasteiger partial charge in [0.05, 0.1) is 10.8 Å². The Morgan fingerprint density at radius 2 is 2.21 bits per heavy atom. The molecule has 0 aromatic carbocycles. The number of likely N-dealkylation sites (tertiary alicyclic amines) is 1. The van der Waals surface area contributed by atoms with Gasteiger partial charge in [-0.3, -0.25) is 9.59 Å². The quantitative estimate of drug-likeness (QED) is 0.788. The summed E-state index contributed by atoms with van der Waals surface area (Å²) in [4.78, 5) is 26.2. The van der Waals surface area contributed by atoms with Gasteiger partial charge in [-0.25, -0.2) is 0 Å². The number of thiophene rings is 1. The predicted octanol–water partition coefficient (Wildman–Crippen LogP) is 1.67. The number of esters is 1. The SMILES string of the molecule is N#CCOC(=O)C1CCN(C(=O)c2cccs2)CC1.